The van der Waals surface area contributed by atoms with Crippen LogP contribution in [0.3, 0.4) is 0 Å². The number of sulfonamides is 1. The monoisotopic (exact) mass is 668 g/mol. The fourth-order valence-corrected chi connectivity index (χ4v) is 7.92. The molecule has 2 aliphatic rings. The van der Waals surface area contributed by atoms with Crippen molar-refractivity contribution in [1.82, 2.24) is 14.4 Å². The summed E-state index contributed by atoms with van der Waals surface area (Å²) in [6.07, 6.45) is 0. The average Bonchev–Trinajstić information content (AvgIpc) is 3.39. The van der Waals surface area contributed by atoms with Crippen molar-refractivity contribution in [2.75, 3.05) is 30.5 Å². The standard InChI is InChI=1S/C32H27Cl2FN4O5S/c1-20(40)36-16-18-37(19-17-36)31(41)25-14-15-28-38(32(25)42)29(21-6-10-23(33)11-7-21)30(22-8-12-24(34)13-9-22)39(28)45(43,44)27-5-3-2-4-26(27)35/h2-15,29-30H,16-19H2,1H3/t29-,30+/m0/s1. The molecule has 1 aromatic heterocycles. The van der Waals surface area contributed by atoms with E-state index in [1.54, 1.807) is 53.4 Å². The Bertz CT molecular complexity index is 1960. The van der Waals surface area contributed by atoms with E-state index < -0.39 is 44.3 Å². The number of hydrogen-bond donors (Lipinski definition) is 0. The van der Waals surface area contributed by atoms with Gasteiger partial charge in [0.15, 0.2) is 0 Å². The molecule has 4 aromatic rings. The Morgan fingerprint density at radius 2 is 1.29 bits per heavy atom. The number of aromatic nitrogens is 1. The number of nitrogens with zero attached hydrogens (tertiary/aromatic N) is 4. The molecule has 1 fully saturated rings. The van der Waals surface area contributed by atoms with Gasteiger partial charge in [0.05, 0.1) is 12.1 Å². The van der Waals surface area contributed by atoms with E-state index in [1.165, 1.54) is 46.7 Å². The number of halogens is 3. The van der Waals surface area contributed by atoms with Crippen LogP contribution < -0.4 is 9.86 Å². The molecule has 13 heteroatoms. The minimum atomic E-state index is -4.62. The molecule has 2 aliphatic heterocycles. The largest absolute Gasteiger partial charge is 0.339 e. The zero-order chi connectivity index (χ0) is 32.0. The summed E-state index contributed by atoms with van der Waals surface area (Å²) >= 11 is 12.4. The first-order chi connectivity index (χ1) is 21.5. The molecule has 2 atom stereocenters. The molecule has 0 saturated carbocycles. The van der Waals surface area contributed by atoms with E-state index in [-0.39, 0.29) is 30.4 Å². The normalized spacial score (nSPS) is 18.2. The molecule has 3 aromatic carbocycles. The highest BCUT2D eigenvalue weighted by Crippen LogP contribution is 2.49. The summed E-state index contributed by atoms with van der Waals surface area (Å²) in [6, 6.07) is 18.8. The summed E-state index contributed by atoms with van der Waals surface area (Å²) in [5.74, 6) is -1.63. The van der Waals surface area contributed by atoms with Crippen LogP contribution in [-0.2, 0) is 14.8 Å². The zero-order valence-corrected chi connectivity index (χ0v) is 26.3. The van der Waals surface area contributed by atoms with Crippen LogP contribution in [0, 0.1) is 5.82 Å². The summed E-state index contributed by atoms with van der Waals surface area (Å²) in [7, 11) is -4.62. The Kier molecular flexibility index (Phi) is 8.19. The minimum Gasteiger partial charge on any atom is -0.339 e. The fourth-order valence-electron chi connectivity index (χ4n) is 5.96. The van der Waals surface area contributed by atoms with Crippen LogP contribution >= 0.6 is 23.2 Å². The van der Waals surface area contributed by atoms with Crippen LogP contribution in [0.2, 0.25) is 10.0 Å². The molecule has 0 N–H and O–H groups in total. The third-order valence-corrected chi connectivity index (χ3v) is 10.5. The number of hydrogen-bond acceptors (Lipinski definition) is 5. The molecular weight excluding hydrogens is 642 g/mol. The van der Waals surface area contributed by atoms with Crippen LogP contribution in [-0.4, -0.2) is 60.8 Å². The van der Waals surface area contributed by atoms with Crippen molar-refractivity contribution < 1.29 is 22.4 Å². The van der Waals surface area contributed by atoms with Crippen LogP contribution in [0.5, 0.6) is 0 Å². The van der Waals surface area contributed by atoms with Crippen molar-refractivity contribution in [2.45, 2.75) is 23.9 Å². The molecule has 0 aliphatic carbocycles. The Morgan fingerprint density at radius 3 is 1.84 bits per heavy atom. The maximum Gasteiger partial charge on any atom is 0.269 e. The number of piperazine rings is 1. The maximum atomic E-state index is 15.1. The summed E-state index contributed by atoms with van der Waals surface area (Å²) in [5.41, 5.74) is 0.148. The number of carbonyl (C=O) groups is 2. The second-order valence-electron chi connectivity index (χ2n) is 10.8. The van der Waals surface area contributed by atoms with Crippen molar-refractivity contribution in [3.63, 3.8) is 0 Å². The number of rotatable bonds is 5. The summed E-state index contributed by atoms with van der Waals surface area (Å²) in [5, 5.41) is 0.840. The Labute approximate surface area is 269 Å². The van der Waals surface area contributed by atoms with Gasteiger partial charge < -0.3 is 9.80 Å². The topological polar surface area (TPSA) is 100 Å². The number of carbonyl (C=O) groups excluding carboxylic acids is 2. The number of anilines is 1. The highest BCUT2D eigenvalue weighted by Gasteiger charge is 2.48. The number of fused-ring (bicyclic) bond motifs is 1. The van der Waals surface area contributed by atoms with E-state index in [1.807, 2.05) is 0 Å². The van der Waals surface area contributed by atoms with Gasteiger partial charge in [0.1, 0.15) is 22.1 Å². The van der Waals surface area contributed by atoms with Gasteiger partial charge in [-0.25, -0.2) is 17.1 Å². The molecule has 2 amide bonds. The first kappa shape index (κ1) is 30.8. The predicted molar refractivity (Wildman–Crippen MR) is 169 cm³/mol. The summed E-state index contributed by atoms with van der Waals surface area (Å²) in [6.45, 7) is 2.59. The first-order valence-electron chi connectivity index (χ1n) is 14.1. The predicted octanol–water partition coefficient (Wildman–Crippen LogP) is 5.14. The smallest absolute Gasteiger partial charge is 0.269 e. The molecule has 45 heavy (non-hydrogen) atoms. The van der Waals surface area contributed by atoms with Crippen molar-refractivity contribution in [3.8, 4) is 0 Å². The van der Waals surface area contributed by atoms with Crippen LogP contribution in [0.25, 0.3) is 0 Å². The number of pyridine rings is 1. The van der Waals surface area contributed by atoms with Gasteiger partial charge in [0.2, 0.25) is 5.91 Å². The van der Waals surface area contributed by atoms with Gasteiger partial charge in [-0.15, -0.1) is 0 Å². The molecule has 0 radical (unpaired) electrons. The first-order valence-corrected chi connectivity index (χ1v) is 16.3. The molecule has 3 heterocycles. The van der Waals surface area contributed by atoms with Crippen LogP contribution in [0.1, 0.15) is 40.5 Å². The van der Waals surface area contributed by atoms with Gasteiger partial charge in [-0.1, -0.05) is 59.6 Å². The Hall–Kier alpha value is -4.19. The maximum absolute atomic E-state index is 15.1. The van der Waals surface area contributed by atoms with Gasteiger partial charge in [0.25, 0.3) is 21.5 Å². The SMILES string of the molecule is CC(=O)N1CCN(C(=O)c2ccc3n(c2=O)[C@@H](c2ccc(Cl)cc2)[C@@H](c2ccc(Cl)cc2)N3S(=O)(=O)c2ccccc2F)CC1. The van der Waals surface area contributed by atoms with E-state index in [2.05, 4.69) is 0 Å². The molecular formula is C32H27Cl2FN4O5S. The van der Waals surface area contributed by atoms with Crippen molar-refractivity contribution in [3.05, 3.63) is 128 Å². The highest BCUT2D eigenvalue weighted by molar-refractivity contribution is 7.92. The average molecular weight is 670 g/mol. The second-order valence-corrected chi connectivity index (χ2v) is 13.5. The number of benzene rings is 3. The summed E-state index contributed by atoms with van der Waals surface area (Å²) < 4.78 is 46.2. The van der Waals surface area contributed by atoms with Gasteiger partial charge in [-0.2, -0.15) is 0 Å². The minimum absolute atomic E-state index is 0.0406. The van der Waals surface area contributed by atoms with Gasteiger partial charge in [-0.05, 0) is 59.7 Å². The Balaban J connectivity index is 1.57. The van der Waals surface area contributed by atoms with E-state index >= 15 is 4.39 Å². The number of amides is 2. The molecule has 9 nitrogen and oxygen atoms in total. The van der Waals surface area contributed by atoms with Crippen LogP contribution in [0.4, 0.5) is 10.2 Å². The van der Waals surface area contributed by atoms with Crippen LogP contribution in [0.15, 0.2) is 94.6 Å². The third kappa shape index (κ3) is 5.49. The van der Waals surface area contributed by atoms with Gasteiger partial charge >= 0.3 is 0 Å². The van der Waals surface area contributed by atoms with Gasteiger partial charge in [-0.3, -0.25) is 19.0 Å². The third-order valence-electron chi connectivity index (χ3n) is 8.19. The van der Waals surface area contributed by atoms with Crippen molar-refractivity contribution in [1.29, 1.82) is 0 Å². The fraction of sp³-hybridized carbons (Fsp3) is 0.219. The molecule has 232 valence electrons. The molecule has 0 unspecified atom stereocenters. The Morgan fingerprint density at radius 1 is 0.756 bits per heavy atom. The zero-order valence-electron chi connectivity index (χ0n) is 23.9. The lowest BCUT2D eigenvalue weighted by molar-refractivity contribution is -0.130. The summed E-state index contributed by atoms with van der Waals surface area (Å²) in [4.78, 5) is 42.5. The van der Waals surface area contributed by atoms with E-state index in [4.69, 9.17) is 23.2 Å². The quantitative estimate of drug-likeness (QED) is 0.293. The molecule has 0 bridgehead atoms. The van der Waals surface area contributed by atoms with Crippen molar-refractivity contribution >= 4 is 50.9 Å². The molecule has 0 spiro atoms. The highest BCUT2D eigenvalue weighted by atomic mass is 35.5. The van der Waals surface area contributed by atoms with E-state index in [0.29, 0.717) is 34.3 Å². The lowest BCUT2D eigenvalue weighted by atomic mass is 9.94. The lowest BCUT2D eigenvalue weighted by Crippen LogP contribution is -2.51. The second kappa shape index (κ2) is 12.0. The van der Waals surface area contributed by atoms with E-state index in [9.17, 15) is 22.8 Å². The molecule has 6 rings (SSSR count). The van der Waals surface area contributed by atoms with Gasteiger partial charge in [0, 0.05) is 43.1 Å². The van der Waals surface area contributed by atoms with Crippen molar-refractivity contribution in [2.24, 2.45) is 0 Å². The van der Waals surface area contributed by atoms with E-state index in [0.717, 1.165) is 10.4 Å². The lowest BCUT2D eigenvalue weighted by Gasteiger charge is -2.34. The molecule has 1 saturated heterocycles.